The number of rotatable bonds is 7. The number of carbonyl (C=O) groups is 1. The summed E-state index contributed by atoms with van der Waals surface area (Å²) in [6.07, 6.45) is 8.71. The smallest absolute Gasteiger partial charge is 0.150 e. The van der Waals surface area contributed by atoms with Crippen LogP contribution in [0.3, 0.4) is 0 Å². The highest BCUT2D eigenvalue weighted by molar-refractivity contribution is 5.79. The van der Waals surface area contributed by atoms with Gasteiger partial charge in [-0.15, -0.1) is 0 Å². The molecule has 0 radical (unpaired) electrons. The predicted molar refractivity (Wildman–Crippen MR) is 100 cm³/mol. The van der Waals surface area contributed by atoms with Crippen LogP contribution in [-0.4, -0.2) is 25.6 Å². The van der Waals surface area contributed by atoms with Gasteiger partial charge in [-0.1, -0.05) is 24.8 Å². The molecule has 0 amide bonds. The molecule has 3 rings (SSSR count). The maximum Gasteiger partial charge on any atom is 0.150 e. The van der Waals surface area contributed by atoms with Crippen molar-refractivity contribution in [3.63, 3.8) is 0 Å². The van der Waals surface area contributed by atoms with Gasteiger partial charge in [0.2, 0.25) is 0 Å². The van der Waals surface area contributed by atoms with Crippen LogP contribution in [0.25, 0.3) is 5.57 Å². The third kappa shape index (κ3) is 4.93. The second kappa shape index (κ2) is 8.30. The van der Waals surface area contributed by atoms with Crippen LogP contribution in [0.15, 0.2) is 53.8 Å². The van der Waals surface area contributed by atoms with Crippen LogP contribution >= 0.6 is 0 Å². The van der Waals surface area contributed by atoms with Gasteiger partial charge in [0, 0.05) is 5.56 Å². The number of hydrogen-bond acceptors (Lipinski definition) is 3. The summed E-state index contributed by atoms with van der Waals surface area (Å²) >= 11 is 0. The molecule has 0 aromatic heterocycles. The molecule has 0 saturated heterocycles. The number of allylic oxidation sites excluding steroid dienone is 4. The van der Waals surface area contributed by atoms with Gasteiger partial charge >= 0.3 is 0 Å². The van der Waals surface area contributed by atoms with E-state index in [1.54, 1.807) is 0 Å². The zero-order chi connectivity index (χ0) is 17.6. The summed E-state index contributed by atoms with van der Waals surface area (Å²) in [6.45, 7) is 7.47. The molecule has 3 heteroatoms. The first-order valence-corrected chi connectivity index (χ1v) is 9.07. The molecule has 2 aliphatic rings. The topological polar surface area (TPSA) is 35.5 Å². The van der Waals surface area contributed by atoms with E-state index in [-0.39, 0.29) is 0 Å². The molecule has 0 N–H and O–H groups in total. The monoisotopic (exact) mass is 338 g/mol. The third-order valence-corrected chi connectivity index (χ3v) is 4.67. The fraction of sp³-hybridized carbons (Fsp3) is 0.409. The average molecular weight is 338 g/mol. The first-order valence-electron chi connectivity index (χ1n) is 9.07. The van der Waals surface area contributed by atoms with Gasteiger partial charge in [0.05, 0.1) is 12.7 Å². The average Bonchev–Trinajstić information content (AvgIpc) is 3.44. The number of carbonyl (C=O) groups excluding carboxylic acids is 1. The molecule has 1 aromatic rings. The third-order valence-electron chi connectivity index (χ3n) is 4.67. The van der Waals surface area contributed by atoms with Crippen molar-refractivity contribution < 1.29 is 14.3 Å². The van der Waals surface area contributed by atoms with E-state index < -0.39 is 0 Å². The summed E-state index contributed by atoms with van der Waals surface area (Å²) in [4.78, 5) is 11.1. The van der Waals surface area contributed by atoms with E-state index >= 15 is 0 Å². The molecule has 0 unspecified atom stereocenters. The molecule has 0 aliphatic heterocycles. The lowest BCUT2D eigenvalue weighted by molar-refractivity contribution is 0.0673. The highest BCUT2D eigenvalue weighted by atomic mass is 16.5. The molecule has 0 bridgehead atoms. The van der Waals surface area contributed by atoms with Crippen LogP contribution in [0.2, 0.25) is 0 Å². The van der Waals surface area contributed by atoms with Crippen LogP contribution in [0.1, 0.15) is 54.9 Å². The molecular weight excluding hydrogens is 312 g/mol. The maximum absolute atomic E-state index is 11.1. The number of ether oxygens (including phenoxy) is 2. The van der Waals surface area contributed by atoms with E-state index in [1.807, 2.05) is 18.2 Å². The van der Waals surface area contributed by atoms with Crippen molar-refractivity contribution in [2.24, 2.45) is 0 Å². The summed E-state index contributed by atoms with van der Waals surface area (Å²) in [5, 5.41) is 0. The van der Waals surface area contributed by atoms with Crippen molar-refractivity contribution in [3.05, 3.63) is 65.0 Å². The van der Waals surface area contributed by atoms with Gasteiger partial charge in [0.1, 0.15) is 18.7 Å². The Balaban J connectivity index is 1.77. The minimum atomic E-state index is 0.455. The number of benzene rings is 1. The molecule has 1 aromatic carbocycles. The Bertz CT molecular complexity index is 708. The van der Waals surface area contributed by atoms with Crippen LogP contribution < -0.4 is 0 Å². The molecule has 1 saturated carbocycles. The van der Waals surface area contributed by atoms with Crippen molar-refractivity contribution >= 4 is 11.9 Å². The fourth-order valence-electron chi connectivity index (χ4n) is 3.10. The van der Waals surface area contributed by atoms with Gasteiger partial charge in [-0.2, -0.15) is 0 Å². The predicted octanol–water partition coefficient (Wildman–Crippen LogP) is 5.09. The van der Waals surface area contributed by atoms with Crippen LogP contribution in [0.5, 0.6) is 0 Å². The van der Waals surface area contributed by atoms with Gasteiger partial charge in [0.25, 0.3) is 0 Å². The second-order valence-corrected chi connectivity index (χ2v) is 6.79. The van der Waals surface area contributed by atoms with Gasteiger partial charge in [-0.25, -0.2) is 0 Å². The lowest BCUT2D eigenvalue weighted by Crippen LogP contribution is -2.07. The second-order valence-electron chi connectivity index (χ2n) is 6.79. The molecule has 0 spiro atoms. The van der Waals surface area contributed by atoms with E-state index in [9.17, 15) is 4.79 Å². The first-order chi connectivity index (χ1) is 12.2. The van der Waals surface area contributed by atoms with E-state index in [2.05, 4.69) is 25.6 Å². The Kier molecular flexibility index (Phi) is 5.87. The lowest BCUT2D eigenvalue weighted by Gasteiger charge is -2.19. The quantitative estimate of drug-likeness (QED) is 0.513. The van der Waals surface area contributed by atoms with Gasteiger partial charge < -0.3 is 9.47 Å². The summed E-state index contributed by atoms with van der Waals surface area (Å²) in [7, 11) is 0. The summed E-state index contributed by atoms with van der Waals surface area (Å²) < 4.78 is 11.6. The van der Waals surface area contributed by atoms with E-state index in [1.165, 1.54) is 24.0 Å². The molecule has 132 valence electrons. The van der Waals surface area contributed by atoms with Crippen molar-refractivity contribution in [3.8, 4) is 0 Å². The maximum atomic E-state index is 11.1. The minimum absolute atomic E-state index is 0.455. The summed E-state index contributed by atoms with van der Waals surface area (Å²) in [6, 6.07) is 7.80. The molecule has 0 atom stereocenters. The Morgan fingerprint density at radius 3 is 2.84 bits per heavy atom. The Hall–Kier alpha value is -2.13. The molecule has 25 heavy (non-hydrogen) atoms. The Morgan fingerprint density at radius 2 is 2.08 bits per heavy atom. The zero-order valence-electron chi connectivity index (χ0n) is 14.9. The molecule has 0 heterocycles. The van der Waals surface area contributed by atoms with Crippen molar-refractivity contribution in [2.75, 3.05) is 13.2 Å². The van der Waals surface area contributed by atoms with Gasteiger partial charge in [-0.05, 0) is 73.5 Å². The summed E-state index contributed by atoms with van der Waals surface area (Å²) in [5.74, 6) is 0.862. The highest BCUT2D eigenvalue weighted by Crippen LogP contribution is 2.32. The van der Waals surface area contributed by atoms with Gasteiger partial charge in [-0.3, -0.25) is 4.79 Å². The standard InChI is InChI=1S/C22H26O3/c1-16-5-3-8-21(19-7-4-6-18(14-19)15-23)17(2)13-22(16)25-12-11-24-20-9-10-20/h4,6-7,13-15,20H,1,3,5,8-12H2,2H3/b21-17+,22-13?. The lowest BCUT2D eigenvalue weighted by atomic mass is 9.90. The first kappa shape index (κ1) is 17.7. The normalized spacial score (nSPS) is 21.3. The molecular formula is C22H26O3. The minimum Gasteiger partial charge on any atom is -0.491 e. The van der Waals surface area contributed by atoms with E-state index in [0.717, 1.165) is 42.4 Å². The van der Waals surface area contributed by atoms with Crippen molar-refractivity contribution in [2.45, 2.75) is 45.1 Å². The van der Waals surface area contributed by atoms with E-state index in [0.29, 0.717) is 24.9 Å². The number of hydrogen-bond donors (Lipinski definition) is 0. The SMILES string of the molecule is C=C1CCC/C(c2cccc(C=O)c2)=C(/C)C=C1OCCOC1CC1. The van der Waals surface area contributed by atoms with E-state index in [4.69, 9.17) is 9.47 Å². The van der Waals surface area contributed by atoms with Crippen LogP contribution in [0, 0.1) is 0 Å². The molecule has 3 nitrogen and oxygen atoms in total. The van der Waals surface area contributed by atoms with Crippen molar-refractivity contribution in [1.29, 1.82) is 0 Å². The number of aldehydes is 1. The van der Waals surface area contributed by atoms with Crippen molar-refractivity contribution in [1.82, 2.24) is 0 Å². The highest BCUT2D eigenvalue weighted by Gasteiger charge is 2.21. The largest absolute Gasteiger partial charge is 0.491 e. The molecule has 1 fully saturated rings. The van der Waals surface area contributed by atoms with Crippen LogP contribution in [-0.2, 0) is 9.47 Å². The molecule has 2 aliphatic carbocycles. The fourth-order valence-corrected chi connectivity index (χ4v) is 3.10. The Labute approximate surface area is 150 Å². The van der Waals surface area contributed by atoms with Crippen LogP contribution in [0.4, 0.5) is 0 Å². The zero-order valence-corrected chi connectivity index (χ0v) is 14.9. The summed E-state index contributed by atoms with van der Waals surface area (Å²) in [5.41, 5.74) is 5.31. The Morgan fingerprint density at radius 1 is 1.24 bits per heavy atom. The van der Waals surface area contributed by atoms with Gasteiger partial charge in [0.15, 0.2) is 0 Å².